The summed E-state index contributed by atoms with van der Waals surface area (Å²) in [6, 6.07) is 6.20. The lowest BCUT2D eigenvalue weighted by Gasteiger charge is -2.32. The summed E-state index contributed by atoms with van der Waals surface area (Å²) >= 11 is 1.42. The SMILES string of the molecule is COCC1CCCN(CCNC(=O)CSc2ccc(F)cc2)C1. The van der Waals surface area contributed by atoms with Crippen molar-refractivity contribution in [3.8, 4) is 0 Å². The highest BCUT2D eigenvalue weighted by Crippen LogP contribution is 2.18. The minimum atomic E-state index is -0.257. The van der Waals surface area contributed by atoms with Gasteiger partial charge >= 0.3 is 0 Å². The van der Waals surface area contributed by atoms with Crippen LogP contribution in [0.2, 0.25) is 0 Å². The second-order valence-electron chi connectivity index (χ2n) is 5.86. The molecule has 0 aromatic heterocycles. The van der Waals surface area contributed by atoms with Crippen LogP contribution in [-0.4, -0.2) is 56.5 Å². The number of halogens is 1. The van der Waals surface area contributed by atoms with Gasteiger partial charge in [-0.25, -0.2) is 4.39 Å². The highest BCUT2D eigenvalue weighted by Gasteiger charge is 2.19. The predicted octanol–water partition coefficient (Wildman–Crippen LogP) is 2.39. The van der Waals surface area contributed by atoms with Crippen LogP contribution in [0.4, 0.5) is 4.39 Å². The molecule has 128 valence electrons. The largest absolute Gasteiger partial charge is 0.384 e. The Bertz CT molecular complexity index is 482. The monoisotopic (exact) mass is 340 g/mol. The maximum atomic E-state index is 12.8. The van der Waals surface area contributed by atoms with Crippen LogP contribution in [0.1, 0.15) is 12.8 Å². The van der Waals surface area contributed by atoms with Crippen LogP contribution in [0.15, 0.2) is 29.2 Å². The van der Waals surface area contributed by atoms with Crippen molar-refractivity contribution >= 4 is 17.7 Å². The molecule has 1 atom stereocenters. The number of thioether (sulfide) groups is 1. The van der Waals surface area contributed by atoms with Crippen molar-refractivity contribution < 1.29 is 13.9 Å². The zero-order valence-corrected chi connectivity index (χ0v) is 14.4. The zero-order chi connectivity index (χ0) is 16.5. The Morgan fingerprint density at radius 2 is 2.22 bits per heavy atom. The molecule has 0 radical (unpaired) electrons. The van der Waals surface area contributed by atoms with Crippen LogP contribution in [-0.2, 0) is 9.53 Å². The summed E-state index contributed by atoms with van der Waals surface area (Å²) in [5.41, 5.74) is 0. The lowest BCUT2D eigenvalue weighted by molar-refractivity contribution is -0.118. The number of hydrogen-bond acceptors (Lipinski definition) is 4. The molecule has 0 bridgehead atoms. The van der Waals surface area contributed by atoms with Gasteiger partial charge in [-0.1, -0.05) is 0 Å². The number of nitrogens with zero attached hydrogens (tertiary/aromatic N) is 1. The van der Waals surface area contributed by atoms with E-state index >= 15 is 0 Å². The van der Waals surface area contributed by atoms with Gasteiger partial charge in [0.05, 0.1) is 12.4 Å². The third kappa shape index (κ3) is 6.89. The van der Waals surface area contributed by atoms with E-state index in [1.165, 1.54) is 36.7 Å². The predicted molar refractivity (Wildman–Crippen MR) is 91.2 cm³/mol. The number of carbonyl (C=O) groups is 1. The number of hydrogen-bond donors (Lipinski definition) is 1. The molecule has 1 aromatic carbocycles. The van der Waals surface area contributed by atoms with Crippen molar-refractivity contribution in [1.29, 1.82) is 0 Å². The van der Waals surface area contributed by atoms with Crippen molar-refractivity contribution in [2.75, 3.05) is 45.6 Å². The van der Waals surface area contributed by atoms with Gasteiger partial charge in [-0.15, -0.1) is 11.8 Å². The summed E-state index contributed by atoms with van der Waals surface area (Å²) in [4.78, 5) is 15.1. The maximum Gasteiger partial charge on any atom is 0.230 e. The number of ether oxygens (including phenoxy) is 1. The standard InChI is InChI=1S/C17H25FN2O2S/c1-22-12-14-3-2-9-20(11-14)10-8-19-17(21)13-23-16-6-4-15(18)5-7-16/h4-7,14H,2-3,8-13H2,1H3,(H,19,21). The molecule has 1 aliphatic heterocycles. The Balaban J connectivity index is 1.60. The number of piperidine rings is 1. The Labute approximate surface area is 141 Å². The Morgan fingerprint density at radius 3 is 2.96 bits per heavy atom. The van der Waals surface area contributed by atoms with E-state index in [9.17, 15) is 9.18 Å². The number of methoxy groups -OCH3 is 1. The first kappa shape index (κ1) is 18.2. The van der Waals surface area contributed by atoms with Crippen LogP contribution >= 0.6 is 11.8 Å². The maximum absolute atomic E-state index is 12.8. The van der Waals surface area contributed by atoms with Gasteiger partial charge in [-0.3, -0.25) is 4.79 Å². The fourth-order valence-corrected chi connectivity index (χ4v) is 3.54. The fraction of sp³-hybridized carbons (Fsp3) is 0.588. The molecule has 0 saturated carbocycles. The Kier molecular flexibility index (Phi) is 7.85. The minimum Gasteiger partial charge on any atom is -0.384 e. The van der Waals surface area contributed by atoms with Crippen LogP contribution in [0, 0.1) is 11.7 Å². The summed E-state index contributed by atoms with van der Waals surface area (Å²) in [5.74, 6) is 0.730. The summed E-state index contributed by atoms with van der Waals surface area (Å²) in [6.45, 7) is 4.52. The number of rotatable bonds is 8. The van der Waals surface area contributed by atoms with Gasteiger partial charge in [0.1, 0.15) is 5.82 Å². The molecule has 1 unspecified atom stereocenters. The normalized spacial score (nSPS) is 18.8. The Hall–Kier alpha value is -1.11. The zero-order valence-electron chi connectivity index (χ0n) is 13.6. The number of nitrogens with one attached hydrogen (secondary N) is 1. The number of carbonyl (C=O) groups excluding carboxylic acids is 1. The molecule has 1 heterocycles. The molecule has 2 rings (SSSR count). The topological polar surface area (TPSA) is 41.6 Å². The molecular weight excluding hydrogens is 315 g/mol. The quantitative estimate of drug-likeness (QED) is 0.738. The molecule has 23 heavy (non-hydrogen) atoms. The molecule has 0 spiro atoms. The molecule has 1 N–H and O–H groups in total. The second kappa shape index (κ2) is 9.90. The van der Waals surface area contributed by atoms with E-state index in [1.807, 2.05) is 0 Å². The number of likely N-dealkylation sites (tertiary alicyclic amines) is 1. The van der Waals surface area contributed by atoms with E-state index in [0.29, 0.717) is 18.2 Å². The van der Waals surface area contributed by atoms with Crippen LogP contribution in [0.25, 0.3) is 0 Å². The van der Waals surface area contributed by atoms with Gasteiger partial charge in [-0.2, -0.15) is 0 Å². The van der Waals surface area contributed by atoms with E-state index < -0.39 is 0 Å². The lowest BCUT2D eigenvalue weighted by atomic mass is 9.99. The average Bonchev–Trinajstić information content (AvgIpc) is 2.55. The number of amides is 1. The first-order valence-corrected chi connectivity index (χ1v) is 9.02. The molecule has 1 fully saturated rings. The average molecular weight is 340 g/mol. The van der Waals surface area contributed by atoms with Crippen molar-refractivity contribution in [2.24, 2.45) is 5.92 Å². The van der Waals surface area contributed by atoms with E-state index in [0.717, 1.165) is 31.1 Å². The van der Waals surface area contributed by atoms with Crippen LogP contribution in [0.3, 0.4) is 0 Å². The second-order valence-corrected chi connectivity index (χ2v) is 6.91. The summed E-state index contributed by atoms with van der Waals surface area (Å²) in [6.07, 6.45) is 2.42. The third-order valence-electron chi connectivity index (χ3n) is 3.94. The summed E-state index contributed by atoms with van der Waals surface area (Å²) < 4.78 is 18.0. The molecule has 0 aliphatic carbocycles. The van der Waals surface area contributed by atoms with E-state index in [-0.39, 0.29) is 11.7 Å². The Morgan fingerprint density at radius 1 is 1.43 bits per heavy atom. The van der Waals surface area contributed by atoms with Crippen LogP contribution in [0.5, 0.6) is 0 Å². The van der Waals surface area contributed by atoms with Crippen LogP contribution < -0.4 is 5.32 Å². The van der Waals surface area contributed by atoms with Gasteiger partial charge in [0.25, 0.3) is 0 Å². The van der Waals surface area contributed by atoms with Gasteiger partial charge < -0.3 is 15.0 Å². The van der Waals surface area contributed by atoms with Gasteiger partial charge in [0, 0.05) is 31.6 Å². The van der Waals surface area contributed by atoms with Crippen molar-refractivity contribution in [2.45, 2.75) is 17.7 Å². The summed E-state index contributed by atoms with van der Waals surface area (Å²) in [7, 11) is 1.75. The third-order valence-corrected chi connectivity index (χ3v) is 4.95. The molecule has 1 saturated heterocycles. The summed E-state index contributed by atoms with van der Waals surface area (Å²) in [5, 5.41) is 2.95. The highest BCUT2D eigenvalue weighted by atomic mass is 32.2. The molecular formula is C17H25FN2O2S. The van der Waals surface area contributed by atoms with Gasteiger partial charge in [0.2, 0.25) is 5.91 Å². The van der Waals surface area contributed by atoms with Gasteiger partial charge in [-0.05, 0) is 49.6 Å². The lowest BCUT2D eigenvalue weighted by Crippen LogP contribution is -2.41. The fourth-order valence-electron chi connectivity index (χ4n) is 2.81. The molecule has 1 aliphatic rings. The van der Waals surface area contributed by atoms with Crippen molar-refractivity contribution in [1.82, 2.24) is 10.2 Å². The first-order valence-electron chi connectivity index (χ1n) is 8.03. The smallest absolute Gasteiger partial charge is 0.230 e. The van der Waals surface area contributed by atoms with E-state index in [2.05, 4.69) is 10.2 Å². The number of benzene rings is 1. The van der Waals surface area contributed by atoms with Crippen molar-refractivity contribution in [3.63, 3.8) is 0 Å². The molecule has 4 nitrogen and oxygen atoms in total. The highest BCUT2D eigenvalue weighted by molar-refractivity contribution is 8.00. The molecule has 1 aromatic rings. The van der Waals surface area contributed by atoms with Gasteiger partial charge in [0.15, 0.2) is 0 Å². The van der Waals surface area contributed by atoms with E-state index in [1.54, 1.807) is 19.2 Å². The van der Waals surface area contributed by atoms with E-state index in [4.69, 9.17) is 4.74 Å². The van der Waals surface area contributed by atoms with Crippen molar-refractivity contribution in [3.05, 3.63) is 30.1 Å². The first-order chi connectivity index (χ1) is 11.2. The molecule has 6 heteroatoms. The minimum absolute atomic E-state index is 0.0183. The molecule has 1 amide bonds.